The molecule has 0 aliphatic rings. The number of carbonyl (C=O) groups is 2. The van der Waals surface area contributed by atoms with Crippen LogP contribution in [0.4, 0.5) is 4.39 Å². The second-order valence-electron chi connectivity index (χ2n) is 5.45. The van der Waals surface area contributed by atoms with Gasteiger partial charge in [-0.05, 0) is 30.3 Å². The third-order valence-corrected chi connectivity index (χ3v) is 3.75. The molecule has 0 amide bonds. The van der Waals surface area contributed by atoms with Crippen molar-refractivity contribution in [2.45, 2.75) is 6.42 Å². The molecule has 24 heavy (non-hydrogen) atoms. The lowest BCUT2D eigenvalue weighted by Crippen LogP contribution is -2.08. The Balaban J connectivity index is 1.86. The highest BCUT2D eigenvalue weighted by molar-refractivity contribution is 6.10. The lowest BCUT2D eigenvalue weighted by molar-refractivity contribution is 0.0991. The highest BCUT2D eigenvalue weighted by Crippen LogP contribution is 2.17. The number of aryl methyl sites for hydroxylation is 1. The second-order valence-corrected chi connectivity index (χ2v) is 5.45. The van der Waals surface area contributed by atoms with Crippen molar-refractivity contribution >= 4 is 11.6 Å². The Morgan fingerprint density at radius 1 is 1.12 bits per heavy atom. The summed E-state index contributed by atoms with van der Waals surface area (Å²) < 4.78 is 15.3. The van der Waals surface area contributed by atoms with E-state index in [9.17, 15) is 14.0 Å². The Morgan fingerprint density at radius 2 is 1.88 bits per heavy atom. The van der Waals surface area contributed by atoms with Crippen LogP contribution in [0.1, 0.15) is 32.1 Å². The second kappa shape index (κ2) is 6.58. The molecule has 5 heteroatoms. The Kier molecular flexibility index (Phi) is 4.33. The van der Waals surface area contributed by atoms with Crippen molar-refractivity contribution in [2.75, 3.05) is 0 Å². The van der Waals surface area contributed by atoms with Crippen LogP contribution in [0.5, 0.6) is 0 Å². The van der Waals surface area contributed by atoms with E-state index in [1.165, 1.54) is 24.3 Å². The van der Waals surface area contributed by atoms with Gasteiger partial charge in [-0.3, -0.25) is 14.6 Å². The molecule has 2 heterocycles. The molecule has 0 bridgehead atoms. The van der Waals surface area contributed by atoms with Crippen LogP contribution in [0.2, 0.25) is 0 Å². The molecule has 0 aliphatic heterocycles. The minimum absolute atomic E-state index is 0.0116. The number of rotatable bonds is 5. The van der Waals surface area contributed by atoms with Gasteiger partial charge in [0.15, 0.2) is 5.78 Å². The maximum atomic E-state index is 13.8. The van der Waals surface area contributed by atoms with Crippen LogP contribution in [0.15, 0.2) is 60.9 Å². The smallest absolute Gasteiger partial charge is 0.212 e. The van der Waals surface area contributed by atoms with Gasteiger partial charge in [-0.15, -0.1) is 0 Å². The summed E-state index contributed by atoms with van der Waals surface area (Å²) in [5, 5.41) is 0. The van der Waals surface area contributed by atoms with Crippen molar-refractivity contribution in [1.29, 1.82) is 0 Å². The molecule has 0 fully saturated rings. The number of nitrogens with zero attached hydrogens (tertiary/aromatic N) is 2. The van der Waals surface area contributed by atoms with E-state index in [-0.39, 0.29) is 23.5 Å². The molecule has 0 saturated heterocycles. The first-order valence-electron chi connectivity index (χ1n) is 7.45. The normalized spacial score (nSPS) is 10.6. The van der Waals surface area contributed by atoms with Crippen LogP contribution in [0, 0.1) is 5.82 Å². The number of benzene rings is 1. The molecule has 120 valence electrons. The average Bonchev–Trinajstić information content (AvgIpc) is 2.98. The zero-order valence-electron chi connectivity index (χ0n) is 13.1. The molecule has 3 rings (SSSR count). The van der Waals surface area contributed by atoms with Crippen molar-refractivity contribution in [3.05, 3.63) is 89.3 Å². The number of Topliss-reactive ketones (excluding diaryl/α,β-unsaturated/α-hetero) is 1. The van der Waals surface area contributed by atoms with Crippen molar-refractivity contribution in [2.24, 2.45) is 7.05 Å². The van der Waals surface area contributed by atoms with Gasteiger partial charge >= 0.3 is 0 Å². The topological polar surface area (TPSA) is 52.0 Å². The molecule has 0 N–H and O–H groups in total. The summed E-state index contributed by atoms with van der Waals surface area (Å²) in [6.45, 7) is 0. The molecule has 0 atom stereocenters. The van der Waals surface area contributed by atoms with Crippen LogP contribution in [0.3, 0.4) is 0 Å². The molecule has 0 saturated carbocycles. The largest absolute Gasteiger partial charge is 0.347 e. The minimum atomic E-state index is -0.579. The summed E-state index contributed by atoms with van der Waals surface area (Å²) in [4.78, 5) is 29.0. The van der Waals surface area contributed by atoms with Gasteiger partial charge < -0.3 is 4.57 Å². The minimum Gasteiger partial charge on any atom is -0.347 e. The fraction of sp³-hybridized carbons (Fsp3) is 0.105. The highest BCUT2D eigenvalue weighted by Gasteiger charge is 2.19. The van der Waals surface area contributed by atoms with Crippen LogP contribution in [0.25, 0.3) is 0 Å². The van der Waals surface area contributed by atoms with Gasteiger partial charge in [-0.2, -0.15) is 0 Å². The number of hydrogen-bond acceptors (Lipinski definition) is 3. The van der Waals surface area contributed by atoms with Gasteiger partial charge in [-0.25, -0.2) is 4.39 Å². The molecule has 1 aromatic carbocycles. The SMILES string of the molecule is Cn1cc(C(=O)Cc2ccccn2)cc1C(=O)c1ccccc1F. The van der Waals surface area contributed by atoms with Crippen molar-refractivity contribution in [1.82, 2.24) is 9.55 Å². The Bertz CT molecular complexity index is 901. The van der Waals surface area contributed by atoms with Gasteiger partial charge in [0.05, 0.1) is 17.7 Å². The van der Waals surface area contributed by atoms with Crippen LogP contribution in [-0.4, -0.2) is 21.1 Å². The van der Waals surface area contributed by atoms with Crippen molar-refractivity contribution in [3.8, 4) is 0 Å². The Labute approximate surface area is 138 Å². The Morgan fingerprint density at radius 3 is 2.58 bits per heavy atom. The fourth-order valence-corrected chi connectivity index (χ4v) is 2.50. The van der Waals surface area contributed by atoms with Crippen LogP contribution >= 0.6 is 0 Å². The summed E-state index contributed by atoms with van der Waals surface area (Å²) in [6.07, 6.45) is 3.36. The standard InChI is InChI=1S/C19H15FN2O2/c1-22-12-13(18(23)11-14-6-4-5-9-21-14)10-17(22)19(24)15-7-2-3-8-16(15)20/h2-10,12H,11H2,1H3. The van der Waals surface area contributed by atoms with Gasteiger partial charge in [0.25, 0.3) is 0 Å². The van der Waals surface area contributed by atoms with E-state index in [1.807, 2.05) is 6.07 Å². The van der Waals surface area contributed by atoms with Gasteiger partial charge in [0.1, 0.15) is 5.82 Å². The average molecular weight is 322 g/mol. The summed E-state index contributed by atoms with van der Waals surface area (Å²) in [6, 6.07) is 12.7. The number of carbonyl (C=O) groups excluding carboxylic acids is 2. The molecule has 0 spiro atoms. The van der Waals surface area contributed by atoms with E-state index in [1.54, 1.807) is 42.2 Å². The molecule has 4 nitrogen and oxygen atoms in total. The maximum absolute atomic E-state index is 13.8. The van der Waals surface area contributed by atoms with E-state index < -0.39 is 11.6 Å². The van der Waals surface area contributed by atoms with Gasteiger partial charge in [-0.1, -0.05) is 18.2 Å². The first-order chi connectivity index (χ1) is 11.6. The fourth-order valence-electron chi connectivity index (χ4n) is 2.50. The number of hydrogen-bond donors (Lipinski definition) is 0. The lowest BCUT2D eigenvalue weighted by atomic mass is 10.1. The first-order valence-corrected chi connectivity index (χ1v) is 7.45. The molecule has 0 unspecified atom stereocenters. The summed E-state index contributed by atoms with van der Waals surface area (Å²) >= 11 is 0. The molecule has 0 radical (unpaired) electrons. The van der Waals surface area contributed by atoms with Crippen LogP contribution < -0.4 is 0 Å². The number of aromatic nitrogens is 2. The zero-order valence-corrected chi connectivity index (χ0v) is 13.1. The van der Waals surface area contributed by atoms with E-state index in [2.05, 4.69) is 4.98 Å². The maximum Gasteiger partial charge on any atom is 0.212 e. The summed E-state index contributed by atoms with van der Waals surface area (Å²) in [5.41, 5.74) is 1.32. The number of ketones is 2. The van der Waals surface area contributed by atoms with E-state index in [0.29, 0.717) is 11.3 Å². The molecular formula is C19H15FN2O2. The third kappa shape index (κ3) is 3.15. The van der Waals surface area contributed by atoms with Gasteiger partial charge in [0.2, 0.25) is 5.78 Å². The monoisotopic (exact) mass is 322 g/mol. The molecule has 0 aliphatic carbocycles. The van der Waals surface area contributed by atoms with Crippen molar-refractivity contribution in [3.63, 3.8) is 0 Å². The van der Waals surface area contributed by atoms with Crippen molar-refractivity contribution < 1.29 is 14.0 Å². The zero-order chi connectivity index (χ0) is 17.1. The van der Waals surface area contributed by atoms with Crippen LogP contribution in [-0.2, 0) is 13.5 Å². The quantitative estimate of drug-likeness (QED) is 0.678. The molecule has 3 aromatic rings. The predicted octanol–water partition coefficient (Wildman–Crippen LogP) is 3.22. The van der Waals surface area contributed by atoms with E-state index in [4.69, 9.17) is 0 Å². The first kappa shape index (κ1) is 15.8. The third-order valence-electron chi connectivity index (χ3n) is 3.75. The number of pyridine rings is 1. The van der Waals surface area contributed by atoms with E-state index in [0.717, 1.165) is 0 Å². The summed E-state index contributed by atoms with van der Waals surface area (Å²) in [7, 11) is 1.66. The lowest BCUT2D eigenvalue weighted by Gasteiger charge is -2.03. The molecular weight excluding hydrogens is 307 g/mol. The Hall–Kier alpha value is -3.08. The van der Waals surface area contributed by atoms with Gasteiger partial charge in [0, 0.05) is 30.7 Å². The highest BCUT2D eigenvalue weighted by atomic mass is 19.1. The van der Waals surface area contributed by atoms with E-state index >= 15 is 0 Å². The summed E-state index contributed by atoms with van der Waals surface area (Å²) in [5.74, 6) is -1.17. The number of halogens is 1. The molecule has 2 aromatic heterocycles. The predicted molar refractivity (Wildman–Crippen MR) is 87.5 cm³/mol.